The summed E-state index contributed by atoms with van der Waals surface area (Å²) in [5, 5.41) is 0.366. The molecule has 1 fully saturated rings. The number of carbonyl (C=O) groups excluding carboxylic acids is 4. The van der Waals surface area contributed by atoms with Crippen molar-refractivity contribution >= 4 is 23.7 Å². The molecule has 7 heteroatoms. The second kappa shape index (κ2) is 3.86. The third kappa shape index (κ3) is 2.28. The lowest BCUT2D eigenvalue weighted by atomic mass is 10.4. The quantitative estimate of drug-likeness (QED) is 0.439. The van der Waals surface area contributed by atoms with Gasteiger partial charge in [-0.1, -0.05) is 0 Å². The van der Waals surface area contributed by atoms with Gasteiger partial charge in [0.15, 0.2) is 0 Å². The molecule has 0 aromatic heterocycles. The van der Waals surface area contributed by atoms with Gasteiger partial charge in [-0.05, 0) is 0 Å². The molecule has 1 aliphatic heterocycles. The summed E-state index contributed by atoms with van der Waals surface area (Å²) in [5.41, 5.74) is 4.71. The molecule has 1 heterocycles. The molecule has 0 aromatic rings. The van der Waals surface area contributed by atoms with E-state index in [-0.39, 0.29) is 12.8 Å². The highest BCUT2D eigenvalue weighted by molar-refractivity contribution is 6.02. The van der Waals surface area contributed by atoms with Gasteiger partial charge >= 0.3 is 5.97 Å². The lowest BCUT2D eigenvalue weighted by Crippen LogP contribution is -2.33. The van der Waals surface area contributed by atoms with Gasteiger partial charge in [0.2, 0.25) is 5.91 Å². The first-order valence-corrected chi connectivity index (χ1v) is 3.85. The Morgan fingerprint density at radius 1 is 1.29 bits per heavy atom. The Bertz CT molecular complexity index is 295. The summed E-state index contributed by atoms with van der Waals surface area (Å²) in [7, 11) is 0. The Kier molecular flexibility index (Phi) is 2.80. The van der Waals surface area contributed by atoms with Gasteiger partial charge in [0, 0.05) is 12.8 Å². The second-order valence-electron chi connectivity index (χ2n) is 2.69. The van der Waals surface area contributed by atoms with Crippen LogP contribution >= 0.6 is 0 Å². The summed E-state index contributed by atoms with van der Waals surface area (Å²) in [4.78, 5) is 47.3. The molecule has 7 nitrogen and oxygen atoms in total. The molecule has 0 bridgehead atoms. The van der Waals surface area contributed by atoms with Crippen LogP contribution in [0.25, 0.3) is 0 Å². The molecule has 0 unspecified atom stereocenters. The molecule has 2 N–H and O–H groups in total. The van der Waals surface area contributed by atoms with E-state index < -0.39 is 30.1 Å². The van der Waals surface area contributed by atoms with E-state index in [2.05, 4.69) is 4.84 Å². The number of hydroxylamine groups is 2. The van der Waals surface area contributed by atoms with Gasteiger partial charge in [-0.15, -0.1) is 5.06 Å². The van der Waals surface area contributed by atoms with Crippen LogP contribution in [-0.2, 0) is 24.0 Å². The average molecular weight is 200 g/mol. The van der Waals surface area contributed by atoms with Crippen LogP contribution in [-0.4, -0.2) is 28.8 Å². The largest absolute Gasteiger partial charge is 0.369 e. The van der Waals surface area contributed by atoms with E-state index in [0.29, 0.717) is 5.06 Å². The predicted molar refractivity (Wildman–Crippen MR) is 41.0 cm³/mol. The number of hydrogen-bond donors (Lipinski definition) is 1. The smallest absolute Gasteiger partial charge is 0.342 e. The molecule has 76 valence electrons. The van der Waals surface area contributed by atoms with Crippen LogP contribution in [0.4, 0.5) is 0 Å². The van der Waals surface area contributed by atoms with Gasteiger partial charge < -0.3 is 10.6 Å². The number of primary amides is 1. The van der Waals surface area contributed by atoms with Crippen molar-refractivity contribution < 1.29 is 24.0 Å². The Hall–Kier alpha value is -1.92. The summed E-state index contributed by atoms with van der Waals surface area (Å²) in [6, 6.07) is 0. The van der Waals surface area contributed by atoms with Crippen molar-refractivity contribution in [2.75, 3.05) is 0 Å². The standard InChI is InChI=1S/C7H8N2O5/c8-4(10)3-7(13)14-9-5(11)1-2-6(9)12/h1-3H2,(H2,8,10). The summed E-state index contributed by atoms with van der Waals surface area (Å²) in [6.07, 6.45) is -0.623. The summed E-state index contributed by atoms with van der Waals surface area (Å²) in [6.45, 7) is 0. The third-order valence-electron chi connectivity index (χ3n) is 1.52. The molecule has 14 heavy (non-hydrogen) atoms. The van der Waals surface area contributed by atoms with E-state index in [1.165, 1.54) is 0 Å². The zero-order valence-electron chi connectivity index (χ0n) is 7.19. The summed E-state index contributed by atoms with van der Waals surface area (Å²) < 4.78 is 0. The Morgan fingerprint density at radius 3 is 2.21 bits per heavy atom. The minimum absolute atomic E-state index is 0.0166. The van der Waals surface area contributed by atoms with Gasteiger partial charge in [0.05, 0.1) is 0 Å². The van der Waals surface area contributed by atoms with Crippen molar-refractivity contribution in [2.45, 2.75) is 19.3 Å². The minimum atomic E-state index is -1.01. The molecule has 0 aliphatic carbocycles. The van der Waals surface area contributed by atoms with Crippen LogP contribution in [0.15, 0.2) is 0 Å². The van der Waals surface area contributed by atoms with Gasteiger partial charge in [-0.3, -0.25) is 14.4 Å². The van der Waals surface area contributed by atoms with E-state index in [4.69, 9.17) is 5.73 Å². The molecule has 3 amide bonds. The topological polar surface area (TPSA) is 107 Å². The van der Waals surface area contributed by atoms with E-state index in [1.54, 1.807) is 0 Å². The molecule has 0 radical (unpaired) electrons. The van der Waals surface area contributed by atoms with Gasteiger partial charge in [0.1, 0.15) is 6.42 Å². The van der Waals surface area contributed by atoms with Crippen molar-refractivity contribution in [3.8, 4) is 0 Å². The molecule has 0 aromatic carbocycles. The first kappa shape index (κ1) is 10.2. The lowest BCUT2D eigenvalue weighted by molar-refractivity contribution is -0.197. The number of hydrogen-bond acceptors (Lipinski definition) is 5. The van der Waals surface area contributed by atoms with Crippen molar-refractivity contribution in [1.82, 2.24) is 5.06 Å². The third-order valence-corrected chi connectivity index (χ3v) is 1.52. The number of nitrogens with two attached hydrogens (primary N) is 1. The zero-order chi connectivity index (χ0) is 10.7. The van der Waals surface area contributed by atoms with E-state index in [9.17, 15) is 19.2 Å². The number of imide groups is 1. The number of rotatable bonds is 3. The second-order valence-corrected chi connectivity index (χ2v) is 2.69. The van der Waals surface area contributed by atoms with Crippen LogP contribution in [0.2, 0.25) is 0 Å². The SMILES string of the molecule is NC(=O)CC(=O)ON1C(=O)CCC1=O. The molecule has 1 rings (SSSR count). The molecule has 0 saturated carbocycles. The van der Waals surface area contributed by atoms with Crippen LogP contribution in [0, 0.1) is 0 Å². The van der Waals surface area contributed by atoms with Crippen LogP contribution in [0.5, 0.6) is 0 Å². The maximum atomic E-state index is 10.9. The predicted octanol–water partition coefficient (Wildman–Crippen LogP) is -1.53. The van der Waals surface area contributed by atoms with E-state index in [0.717, 1.165) is 0 Å². The monoisotopic (exact) mass is 200 g/mol. The number of carbonyl (C=O) groups is 4. The van der Waals surface area contributed by atoms with Gasteiger partial charge in [0.25, 0.3) is 11.8 Å². The highest BCUT2D eigenvalue weighted by atomic mass is 16.7. The summed E-state index contributed by atoms with van der Waals surface area (Å²) in [5.74, 6) is -3.07. The number of amides is 3. The first-order chi connectivity index (χ1) is 6.50. The fraction of sp³-hybridized carbons (Fsp3) is 0.429. The molecule has 1 aliphatic rings. The van der Waals surface area contributed by atoms with Crippen LogP contribution in [0.3, 0.4) is 0 Å². The lowest BCUT2D eigenvalue weighted by Gasteiger charge is -2.11. The molecule has 0 atom stereocenters. The van der Waals surface area contributed by atoms with E-state index >= 15 is 0 Å². The summed E-state index contributed by atoms with van der Waals surface area (Å²) >= 11 is 0. The molecule has 1 saturated heterocycles. The molecular formula is C7H8N2O5. The van der Waals surface area contributed by atoms with Crippen LogP contribution in [0.1, 0.15) is 19.3 Å². The molecule has 0 spiro atoms. The zero-order valence-corrected chi connectivity index (χ0v) is 7.19. The van der Waals surface area contributed by atoms with Crippen molar-refractivity contribution in [1.29, 1.82) is 0 Å². The Balaban J connectivity index is 2.51. The average Bonchev–Trinajstić information content (AvgIpc) is 2.34. The number of nitrogens with zero attached hydrogens (tertiary/aromatic N) is 1. The maximum Gasteiger partial charge on any atom is 0.342 e. The fourth-order valence-electron chi connectivity index (χ4n) is 0.934. The molecular weight excluding hydrogens is 192 g/mol. The first-order valence-electron chi connectivity index (χ1n) is 3.85. The Morgan fingerprint density at radius 2 is 1.79 bits per heavy atom. The highest BCUT2D eigenvalue weighted by Crippen LogP contribution is 2.12. The van der Waals surface area contributed by atoms with Gasteiger partial charge in [-0.25, -0.2) is 4.79 Å². The fourth-order valence-corrected chi connectivity index (χ4v) is 0.934. The normalized spacial score (nSPS) is 15.9. The van der Waals surface area contributed by atoms with Crippen molar-refractivity contribution in [3.05, 3.63) is 0 Å². The van der Waals surface area contributed by atoms with Gasteiger partial charge in [-0.2, -0.15) is 0 Å². The Labute approximate surface area is 78.7 Å². The maximum absolute atomic E-state index is 10.9. The van der Waals surface area contributed by atoms with Crippen molar-refractivity contribution in [2.24, 2.45) is 5.73 Å². The minimum Gasteiger partial charge on any atom is -0.369 e. The van der Waals surface area contributed by atoms with E-state index in [1.807, 2.05) is 0 Å². The van der Waals surface area contributed by atoms with Crippen LogP contribution < -0.4 is 5.73 Å². The van der Waals surface area contributed by atoms with Crippen molar-refractivity contribution in [3.63, 3.8) is 0 Å². The highest BCUT2D eigenvalue weighted by Gasteiger charge is 2.32.